The van der Waals surface area contributed by atoms with Crippen molar-refractivity contribution >= 4 is 13.2 Å². The van der Waals surface area contributed by atoms with Crippen LogP contribution in [0.5, 0.6) is 0 Å². The van der Waals surface area contributed by atoms with E-state index in [1.807, 2.05) is 0 Å². The van der Waals surface area contributed by atoms with E-state index in [0.29, 0.717) is 0 Å². The van der Waals surface area contributed by atoms with Crippen LogP contribution in [0.15, 0.2) is 0 Å². The molecule has 6 heteroatoms. The van der Waals surface area contributed by atoms with E-state index < -0.39 is 13.2 Å². The molecule has 5 nitrogen and oxygen atoms in total. The van der Waals surface area contributed by atoms with E-state index >= 15 is 0 Å². The van der Waals surface area contributed by atoms with E-state index in [0.717, 1.165) is 25.7 Å². The molecule has 0 unspecified atom stereocenters. The predicted octanol–water partition coefficient (Wildman–Crippen LogP) is 0.816. The van der Waals surface area contributed by atoms with E-state index in [-0.39, 0.29) is 6.04 Å². The standard InChI is InChI=1S/C6H12NO4P/c8-6(12(9,10)11)7-5-3-1-2-4-5/h5H,1-4H2,(H,7,8)(H2,9,10,11). The summed E-state index contributed by atoms with van der Waals surface area (Å²) in [7, 11) is -4.56. The van der Waals surface area contributed by atoms with Gasteiger partial charge in [0.15, 0.2) is 0 Å². The largest absolute Gasteiger partial charge is 0.413 e. The van der Waals surface area contributed by atoms with Gasteiger partial charge in [-0.25, -0.2) is 4.57 Å². The summed E-state index contributed by atoms with van der Waals surface area (Å²) in [6, 6.07) is -0.0369. The van der Waals surface area contributed by atoms with Crippen molar-refractivity contribution in [2.75, 3.05) is 0 Å². The van der Waals surface area contributed by atoms with Crippen LogP contribution in [0.1, 0.15) is 25.7 Å². The lowest BCUT2D eigenvalue weighted by Gasteiger charge is -2.11. The molecule has 3 N–H and O–H groups in total. The fourth-order valence-corrected chi connectivity index (χ4v) is 1.68. The molecule has 0 bridgehead atoms. The Bertz CT molecular complexity index is 218. The molecule has 0 atom stereocenters. The van der Waals surface area contributed by atoms with E-state index in [1.165, 1.54) is 0 Å². The second kappa shape index (κ2) is 3.56. The van der Waals surface area contributed by atoms with Crippen LogP contribution in [-0.2, 0) is 4.57 Å². The lowest BCUT2D eigenvalue weighted by atomic mass is 10.3. The molecule has 0 aromatic carbocycles. The van der Waals surface area contributed by atoms with Gasteiger partial charge in [0.05, 0.1) is 0 Å². The molecular weight excluding hydrogens is 181 g/mol. The summed E-state index contributed by atoms with van der Waals surface area (Å²) < 4.78 is 10.4. The van der Waals surface area contributed by atoms with E-state index in [2.05, 4.69) is 5.32 Å². The highest BCUT2D eigenvalue weighted by Crippen LogP contribution is 2.35. The number of nitrogens with one attached hydrogen (secondary N) is 1. The molecule has 1 saturated carbocycles. The number of hydrogen-bond donors (Lipinski definition) is 3. The Morgan fingerprint density at radius 3 is 2.25 bits per heavy atom. The molecule has 0 aromatic rings. The summed E-state index contributed by atoms with van der Waals surface area (Å²) in [5, 5.41) is 2.32. The monoisotopic (exact) mass is 193 g/mol. The average molecular weight is 193 g/mol. The number of carbonyl (C=O) groups is 1. The first-order chi connectivity index (χ1) is 5.50. The summed E-state index contributed by atoms with van der Waals surface area (Å²) in [5.41, 5.74) is -1.14. The fourth-order valence-electron chi connectivity index (χ4n) is 1.33. The molecule has 12 heavy (non-hydrogen) atoms. The van der Waals surface area contributed by atoms with Crippen molar-refractivity contribution in [3.8, 4) is 0 Å². The zero-order chi connectivity index (χ0) is 9.19. The SMILES string of the molecule is O=C(NC1CCCC1)P(=O)(O)O. The highest BCUT2D eigenvalue weighted by molar-refractivity contribution is 7.69. The third-order valence-corrected chi connectivity index (χ3v) is 2.61. The van der Waals surface area contributed by atoms with Crippen LogP contribution in [0.4, 0.5) is 4.79 Å². The Morgan fingerprint density at radius 2 is 1.83 bits per heavy atom. The van der Waals surface area contributed by atoms with Gasteiger partial charge in [-0.2, -0.15) is 0 Å². The third-order valence-electron chi connectivity index (χ3n) is 1.95. The van der Waals surface area contributed by atoms with Gasteiger partial charge in [-0.1, -0.05) is 12.8 Å². The number of rotatable bonds is 2. The zero-order valence-corrected chi connectivity index (χ0v) is 7.46. The van der Waals surface area contributed by atoms with Gasteiger partial charge < -0.3 is 15.1 Å². The highest BCUT2D eigenvalue weighted by atomic mass is 31.2. The van der Waals surface area contributed by atoms with Crippen LogP contribution < -0.4 is 5.32 Å². The number of amides is 1. The highest BCUT2D eigenvalue weighted by Gasteiger charge is 2.28. The van der Waals surface area contributed by atoms with Crippen molar-refractivity contribution in [1.82, 2.24) is 5.32 Å². The Labute approximate surface area is 70.3 Å². The van der Waals surface area contributed by atoms with E-state index in [4.69, 9.17) is 9.79 Å². The molecule has 0 spiro atoms. The minimum Gasteiger partial charge on any atom is -0.343 e. The molecule has 0 radical (unpaired) electrons. The van der Waals surface area contributed by atoms with Gasteiger partial charge in [0.2, 0.25) is 0 Å². The van der Waals surface area contributed by atoms with Gasteiger partial charge in [0, 0.05) is 6.04 Å². The quantitative estimate of drug-likeness (QED) is 0.566. The molecule has 0 heterocycles. The van der Waals surface area contributed by atoms with Crippen LogP contribution in [0.25, 0.3) is 0 Å². The Balaban J connectivity index is 2.40. The molecule has 0 aromatic heterocycles. The summed E-state index contributed by atoms with van der Waals surface area (Å²) in [6.07, 6.45) is 3.69. The topological polar surface area (TPSA) is 86.6 Å². The van der Waals surface area contributed by atoms with E-state index in [1.54, 1.807) is 0 Å². The molecule has 1 fully saturated rings. The van der Waals surface area contributed by atoms with Gasteiger partial charge in [-0.15, -0.1) is 0 Å². The Morgan fingerprint density at radius 1 is 1.33 bits per heavy atom. The molecule has 70 valence electrons. The van der Waals surface area contributed by atoms with Gasteiger partial charge in [0.25, 0.3) is 0 Å². The first-order valence-electron chi connectivity index (χ1n) is 3.87. The average Bonchev–Trinajstić information content (AvgIpc) is 2.37. The zero-order valence-electron chi connectivity index (χ0n) is 6.56. The summed E-state index contributed by atoms with van der Waals surface area (Å²) >= 11 is 0. The molecule has 1 aliphatic carbocycles. The molecule has 1 amide bonds. The predicted molar refractivity (Wildman–Crippen MR) is 42.8 cm³/mol. The first kappa shape index (κ1) is 9.71. The van der Waals surface area contributed by atoms with Crippen molar-refractivity contribution in [1.29, 1.82) is 0 Å². The van der Waals surface area contributed by atoms with Gasteiger partial charge in [-0.05, 0) is 12.8 Å². The van der Waals surface area contributed by atoms with E-state index in [9.17, 15) is 9.36 Å². The summed E-state index contributed by atoms with van der Waals surface area (Å²) in [6.45, 7) is 0. The maximum Gasteiger partial charge on any atom is 0.413 e. The van der Waals surface area contributed by atoms with Crippen LogP contribution in [-0.4, -0.2) is 21.5 Å². The summed E-state index contributed by atoms with van der Waals surface area (Å²) in [4.78, 5) is 27.6. The molecule has 0 saturated heterocycles. The van der Waals surface area contributed by atoms with Crippen LogP contribution >= 0.6 is 7.60 Å². The smallest absolute Gasteiger partial charge is 0.343 e. The third kappa shape index (κ3) is 2.59. The van der Waals surface area contributed by atoms with Crippen molar-refractivity contribution < 1.29 is 19.1 Å². The second-order valence-corrected chi connectivity index (χ2v) is 4.47. The van der Waals surface area contributed by atoms with Crippen molar-refractivity contribution in [2.24, 2.45) is 0 Å². The van der Waals surface area contributed by atoms with Crippen molar-refractivity contribution in [3.05, 3.63) is 0 Å². The summed E-state index contributed by atoms with van der Waals surface area (Å²) in [5.74, 6) is 0. The molecule has 1 rings (SSSR count). The van der Waals surface area contributed by atoms with Gasteiger partial charge >= 0.3 is 13.2 Å². The number of hydrogen-bond acceptors (Lipinski definition) is 2. The first-order valence-corrected chi connectivity index (χ1v) is 5.48. The number of carbonyl (C=O) groups excluding carboxylic acids is 1. The Kier molecular flexibility index (Phi) is 2.88. The minimum atomic E-state index is -4.56. The lowest BCUT2D eigenvalue weighted by molar-refractivity contribution is 0.245. The van der Waals surface area contributed by atoms with Crippen molar-refractivity contribution in [2.45, 2.75) is 31.7 Å². The van der Waals surface area contributed by atoms with Crippen LogP contribution in [0.3, 0.4) is 0 Å². The molecular formula is C6H12NO4P. The van der Waals surface area contributed by atoms with Gasteiger partial charge in [-0.3, -0.25) is 4.79 Å². The fraction of sp³-hybridized carbons (Fsp3) is 0.833. The minimum absolute atomic E-state index is 0.0369. The maximum atomic E-state index is 10.7. The molecule has 1 aliphatic rings. The van der Waals surface area contributed by atoms with Crippen LogP contribution in [0.2, 0.25) is 0 Å². The second-order valence-electron chi connectivity index (χ2n) is 2.97. The van der Waals surface area contributed by atoms with Crippen LogP contribution in [0, 0.1) is 0 Å². The Hall–Kier alpha value is -0.380. The van der Waals surface area contributed by atoms with Crippen molar-refractivity contribution in [3.63, 3.8) is 0 Å². The maximum absolute atomic E-state index is 10.7. The molecule has 0 aliphatic heterocycles. The lowest BCUT2D eigenvalue weighted by Crippen LogP contribution is -2.31. The normalized spacial score (nSPS) is 19.5. The van der Waals surface area contributed by atoms with Gasteiger partial charge in [0.1, 0.15) is 0 Å².